The monoisotopic (exact) mass is 413 g/mol. The van der Waals surface area contributed by atoms with Crippen molar-refractivity contribution in [2.24, 2.45) is 23.2 Å². The Morgan fingerprint density at radius 3 is 2.24 bits per heavy atom. The van der Waals surface area contributed by atoms with E-state index < -0.39 is 47.7 Å². The lowest BCUT2D eigenvalue weighted by atomic mass is 9.70. The molecular weight excluding hydrogens is 374 g/mol. The van der Waals surface area contributed by atoms with Crippen LogP contribution in [0.15, 0.2) is 0 Å². The van der Waals surface area contributed by atoms with Crippen molar-refractivity contribution < 1.29 is 29.3 Å². The summed E-state index contributed by atoms with van der Waals surface area (Å²) in [6.45, 7) is 6.61. The van der Waals surface area contributed by atoms with E-state index in [0.29, 0.717) is 12.3 Å². The fourth-order valence-corrected chi connectivity index (χ4v) is 4.40. The Labute approximate surface area is 174 Å². The van der Waals surface area contributed by atoms with Crippen molar-refractivity contribution in [2.45, 2.75) is 85.1 Å². The van der Waals surface area contributed by atoms with E-state index >= 15 is 0 Å². The molecule has 0 aliphatic heterocycles. The van der Waals surface area contributed by atoms with E-state index in [1.165, 1.54) is 32.1 Å². The molecule has 0 saturated heterocycles. The largest absolute Gasteiger partial charge is 0.481 e. The van der Waals surface area contributed by atoms with E-state index in [1.54, 1.807) is 6.92 Å². The predicted molar refractivity (Wildman–Crippen MR) is 110 cm³/mol. The SMILES string of the molecule is CCOC(=O)[C@H](CO)NC(=O)[C@H](CCCC1CCCCC1)C(C(=O)O)C(C)(C)C. The number of rotatable bonds is 11. The summed E-state index contributed by atoms with van der Waals surface area (Å²) in [5.74, 6) is -3.27. The maximum atomic E-state index is 13.0. The minimum atomic E-state index is -1.18. The zero-order chi connectivity index (χ0) is 22.0. The van der Waals surface area contributed by atoms with Gasteiger partial charge >= 0.3 is 11.9 Å². The molecule has 3 N–H and O–H groups in total. The van der Waals surface area contributed by atoms with Crippen LogP contribution in [0.25, 0.3) is 0 Å². The average Bonchev–Trinajstić information content (AvgIpc) is 2.64. The highest BCUT2D eigenvalue weighted by molar-refractivity contribution is 5.89. The fraction of sp³-hybridized carbons (Fsp3) is 0.864. The molecule has 1 fully saturated rings. The number of hydrogen-bond acceptors (Lipinski definition) is 5. The molecule has 7 nitrogen and oxygen atoms in total. The zero-order valence-electron chi connectivity index (χ0n) is 18.4. The molecule has 1 amide bonds. The number of ether oxygens (including phenoxy) is 1. The molecule has 0 aromatic heterocycles. The van der Waals surface area contributed by atoms with E-state index in [0.717, 1.165) is 12.8 Å². The third-order valence-corrected chi connectivity index (χ3v) is 5.86. The third-order valence-electron chi connectivity index (χ3n) is 5.86. The Morgan fingerprint density at radius 1 is 1.14 bits per heavy atom. The van der Waals surface area contributed by atoms with Gasteiger partial charge < -0.3 is 20.3 Å². The molecule has 0 aromatic carbocycles. The summed E-state index contributed by atoms with van der Waals surface area (Å²) in [5.41, 5.74) is -0.628. The molecule has 1 aliphatic carbocycles. The van der Waals surface area contributed by atoms with Crippen LogP contribution in [0.4, 0.5) is 0 Å². The van der Waals surface area contributed by atoms with E-state index in [4.69, 9.17) is 4.74 Å². The van der Waals surface area contributed by atoms with Crippen molar-refractivity contribution >= 4 is 17.8 Å². The number of carboxylic acids is 1. The van der Waals surface area contributed by atoms with Crippen molar-refractivity contribution in [1.29, 1.82) is 0 Å². The highest BCUT2D eigenvalue weighted by Crippen LogP contribution is 2.36. The number of hydrogen-bond donors (Lipinski definition) is 3. The first kappa shape index (κ1) is 25.4. The van der Waals surface area contributed by atoms with E-state index in [1.807, 2.05) is 20.8 Å². The minimum Gasteiger partial charge on any atom is -0.481 e. The van der Waals surface area contributed by atoms with Crippen LogP contribution in [0.5, 0.6) is 0 Å². The summed E-state index contributed by atoms with van der Waals surface area (Å²) < 4.78 is 4.88. The van der Waals surface area contributed by atoms with E-state index in [9.17, 15) is 24.6 Å². The number of carbonyl (C=O) groups excluding carboxylic acids is 2. The molecule has 168 valence electrons. The highest BCUT2D eigenvalue weighted by Gasteiger charge is 2.42. The van der Waals surface area contributed by atoms with Gasteiger partial charge in [-0.2, -0.15) is 0 Å². The predicted octanol–water partition coefficient (Wildman–Crippen LogP) is 3.14. The molecular formula is C22H39NO6. The lowest BCUT2D eigenvalue weighted by Gasteiger charge is -2.34. The summed E-state index contributed by atoms with van der Waals surface area (Å²) in [6, 6.07) is -1.18. The molecule has 1 rings (SSSR count). The number of aliphatic hydroxyl groups is 1. The maximum absolute atomic E-state index is 13.0. The zero-order valence-corrected chi connectivity index (χ0v) is 18.4. The van der Waals surface area contributed by atoms with E-state index in [-0.39, 0.29) is 6.61 Å². The molecule has 29 heavy (non-hydrogen) atoms. The summed E-state index contributed by atoms with van der Waals surface area (Å²) in [5, 5.41) is 21.8. The number of esters is 1. The van der Waals surface area contributed by atoms with E-state index in [2.05, 4.69) is 5.32 Å². The normalized spacial score (nSPS) is 18.5. The number of amides is 1. The van der Waals surface area contributed by atoms with Gasteiger partial charge in [-0.15, -0.1) is 0 Å². The quantitative estimate of drug-likeness (QED) is 0.449. The van der Waals surface area contributed by atoms with Crippen LogP contribution in [0.1, 0.15) is 79.1 Å². The van der Waals surface area contributed by atoms with Gasteiger partial charge in [0.1, 0.15) is 0 Å². The van der Waals surface area contributed by atoms with Crippen LogP contribution in [0, 0.1) is 23.2 Å². The van der Waals surface area contributed by atoms with Gasteiger partial charge in [0.05, 0.1) is 25.0 Å². The van der Waals surface area contributed by atoms with Gasteiger partial charge in [0.2, 0.25) is 5.91 Å². The van der Waals surface area contributed by atoms with Crippen molar-refractivity contribution in [2.75, 3.05) is 13.2 Å². The second-order valence-electron chi connectivity index (χ2n) is 9.22. The minimum absolute atomic E-state index is 0.135. The van der Waals surface area contributed by atoms with Crippen molar-refractivity contribution in [1.82, 2.24) is 5.32 Å². The van der Waals surface area contributed by atoms with Gasteiger partial charge in [-0.3, -0.25) is 9.59 Å². The third kappa shape index (κ3) is 8.33. The van der Waals surface area contributed by atoms with Gasteiger partial charge in [0.15, 0.2) is 6.04 Å². The number of aliphatic carboxylic acids is 1. The lowest BCUT2D eigenvalue weighted by Crippen LogP contribution is -2.50. The summed E-state index contributed by atoms with van der Waals surface area (Å²) >= 11 is 0. The standard InChI is InChI=1S/C22H39NO6/c1-5-29-21(28)17(14-24)23-19(25)16(18(20(26)27)22(2,3)4)13-9-12-15-10-7-6-8-11-15/h15-18,24H,5-14H2,1-4H3,(H,23,25)(H,26,27)/t16-,17+,18?/m1/s1. The average molecular weight is 414 g/mol. The Balaban J connectivity index is 2.90. The van der Waals surface area contributed by atoms with Gasteiger partial charge in [0, 0.05) is 0 Å². The van der Waals surface area contributed by atoms with Gasteiger partial charge in [-0.05, 0) is 24.7 Å². The van der Waals surface area contributed by atoms with Crippen molar-refractivity contribution in [3.8, 4) is 0 Å². The molecule has 1 saturated carbocycles. The second kappa shape index (κ2) is 12.2. The van der Waals surface area contributed by atoms with Crippen molar-refractivity contribution in [3.05, 3.63) is 0 Å². The molecule has 1 unspecified atom stereocenters. The first-order chi connectivity index (χ1) is 13.6. The fourth-order valence-electron chi connectivity index (χ4n) is 4.40. The van der Waals surface area contributed by atoms with Gasteiger partial charge in [-0.25, -0.2) is 4.79 Å². The Kier molecular flexibility index (Phi) is 10.6. The van der Waals surface area contributed by atoms with Crippen LogP contribution in [0.3, 0.4) is 0 Å². The summed E-state index contributed by atoms with van der Waals surface area (Å²) in [6.07, 6.45) is 8.37. The van der Waals surface area contributed by atoms with Gasteiger partial charge in [-0.1, -0.05) is 65.7 Å². The Bertz CT molecular complexity index is 536. The lowest BCUT2D eigenvalue weighted by molar-refractivity contribution is -0.154. The number of carboxylic acid groups (broad SMARTS) is 1. The van der Waals surface area contributed by atoms with Crippen LogP contribution in [-0.4, -0.2) is 47.3 Å². The van der Waals surface area contributed by atoms with Gasteiger partial charge in [0.25, 0.3) is 0 Å². The Hall–Kier alpha value is -1.63. The van der Waals surface area contributed by atoms with Crippen LogP contribution < -0.4 is 5.32 Å². The number of aliphatic hydroxyl groups excluding tert-OH is 1. The molecule has 3 atom stereocenters. The van der Waals surface area contributed by atoms with Crippen molar-refractivity contribution in [3.63, 3.8) is 0 Å². The molecule has 0 aromatic rings. The Morgan fingerprint density at radius 2 is 1.76 bits per heavy atom. The molecule has 1 aliphatic rings. The van der Waals surface area contributed by atoms with Crippen LogP contribution in [-0.2, 0) is 19.1 Å². The van der Waals surface area contributed by atoms with Crippen LogP contribution >= 0.6 is 0 Å². The molecule has 0 heterocycles. The molecule has 0 spiro atoms. The number of nitrogens with one attached hydrogen (secondary N) is 1. The smallest absolute Gasteiger partial charge is 0.331 e. The number of carbonyl (C=O) groups is 3. The summed E-state index contributed by atoms with van der Waals surface area (Å²) in [4.78, 5) is 37.0. The second-order valence-corrected chi connectivity index (χ2v) is 9.22. The molecule has 0 bridgehead atoms. The highest BCUT2D eigenvalue weighted by atomic mass is 16.5. The summed E-state index contributed by atoms with van der Waals surface area (Å²) in [7, 11) is 0. The maximum Gasteiger partial charge on any atom is 0.331 e. The molecule has 7 heteroatoms. The topological polar surface area (TPSA) is 113 Å². The molecule has 0 radical (unpaired) electrons. The first-order valence-corrected chi connectivity index (χ1v) is 10.9. The first-order valence-electron chi connectivity index (χ1n) is 10.9. The van der Waals surface area contributed by atoms with Crippen LogP contribution in [0.2, 0.25) is 0 Å².